The fraction of sp³-hybridized carbons (Fsp3) is 0.600. The average Bonchev–Trinajstić information content (AvgIpc) is 2.70. The van der Waals surface area contributed by atoms with Gasteiger partial charge in [-0.1, -0.05) is 20.8 Å². The molecule has 1 aromatic rings. The number of hydrogen-bond acceptors (Lipinski definition) is 2. The lowest BCUT2D eigenvalue weighted by atomic mass is 9.80. The van der Waals surface area contributed by atoms with E-state index in [1.54, 1.807) is 0 Å². The second-order valence-corrected chi connectivity index (χ2v) is 6.34. The highest BCUT2D eigenvalue weighted by molar-refractivity contribution is 5.58. The molecule has 94 valence electrons. The van der Waals surface area contributed by atoms with Gasteiger partial charge in [0.2, 0.25) is 0 Å². The minimum atomic E-state index is 0.414. The quantitative estimate of drug-likeness (QED) is 0.751. The summed E-state index contributed by atoms with van der Waals surface area (Å²) in [6.07, 6.45) is 1.30. The lowest BCUT2D eigenvalue weighted by Gasteiger charge is -2.27. The van der Waals surface area contributed by atoms with Crippen LogP contribution in [0.25, 0.3) is 0 Å². The van der Waals surface area contributed by atoms with E-state index in [0.29, 0.717) is 5.41 Å². The first kappa shape index (κ1) is 12.3. The van der Waals surface area contributed by atoms with Crippen LogP contribution in [-0.2, 0) is 0 Å². The Labute approximate surface area is 105 Å². The highest BCUT2D eigenvalue weighted by atomic mass is 15.2. The third-order valence-electron chi connectivity index (χ3n) is 4.03. The van der Waals surface area contributed by atoms with Crippen LogP contribution < -0.4 is 10.6 Å². The zero-order chi connectivity index (χ0) is 12.6. The summed E-state index contributed by atoms with van der Waals surface area (Å²) in [5.41, 5.74) is 9.67. The molecule has 1 unspecified atom stereocenters. The van der Waals surface area contributed by atoms with Gasteiger partial charge in [0.05, 0.1) is 0 Å². The minimum absolute atomic E-state index is 0.414. The Bertz CT molecular complexity index is 404. The molecule has 0 saturated carbocycles. The Morgan fingerprint density at radius 2 is 2.00 bits per heavy atom. The predicted octanol–water partition coefficient (Wildman–Crippen LogP) is 3.45. The van der Waals surface area contributed by atoms with Crippen molar-refractivity contribution in [3.05, 3.63) is 23.8 Å². The number of nitrogen functional groups attached to an aromatic ring is 1. The minimum Gasteiger partial charge on any atom is -0.399 e. The van der Waals surface area contributed by atoms with Gasteiger partial charge in [0.1, 0.15) is 0 Å². The summed E-state index contributed by atoms with van der Waals surface area (Å²) in [6, 6.07) is 6.38. The van der Waals surface area contributed by atoms with E-state index in [0.717, 1.165) is 11.6 Å². The first-order chi connectivity index (χ1) is 7.88. The summed E-state index contributed by atoms with van der Waals surface area (Å²) in [7, 11) is 0. The maximum atomic E-state index is 5.87. The van der Waals surface area contributed by atoms with Crippen LogP contribution in [0.3, 0.4) is 0 Å². The highest BCUT2D eigenvalue weighted by Gasteiger charge is 2.31. The standard InChI is InChI=1S/C15H24N2/c1-11-9-13(5-6-14(11)16)17-8-7-12(10-17)15(2,3)4/h5-6,9,12H,7-8,10,16H2,1-4H3. The van der Waals surface area contributed by atoms with Crippen molar-refractivity contribution in [2.45, 2.75) is 34.1 Å². The Kier molecular flexibility index (Phi) is 3.07. The van der Waals surface area contributed by atoms with Gasteiger partial charge in [-0.05, 0) is 48.4 Å². The Hall–Kier alpha value is -1.18. The third kappa shape index (κ3) is 2.56. The van der Waals surface area contributed by atoms with Gasteiger partial charge in [0.25, 0.3) is 0 Å². The largest absolute Gasteiger partial charge is 0.399 e. The van der Waals surface area contributed by atoms with E-state index >= 15 is 0 Å². The van der Waals surface area contributed by atoms with Crippen molar-refractivity contribution in [2.75, 3.05) is 23.7 Å². The van der Waals surface area contributed by atoms with E-state index in [-0.39, 0.29) is 0 Å². The molecule has 0 aromatic heterocycles. The summed E-state index contributed by atoms with van der Waals surface area (Å²) in [5.74, 6) is 0.792. The van der Waals surface area contributed by atoms with E-state index in [4.69, 9.17) is 5.73 Å². The molecule has 0 amide bonds. The molecule has 17 heavy (non-hydrogen) atoms. The van der Waals surface area contributed by atoms with Gasteiger partial charge in [-0.2, -0.15) is 0 Å². The van der Waals surface area contributed by atoms with Crippen LogP contribution in [0, 0.1) is 18.3 Å². The van der Waals surface area contributed by atoms with Crippen molar-refractivity contribution >= 4 is 11.4 Å². The van der Waals surface area contributed by atoms with Crippen molar-refractivity contribution in [1.29, 1.82) is 0 Å². The number of hydrogen-bond donors (Lipinski definition) is 1. The number of rotatable bonds is 1. The number of aryl methyl sites for hydroxylation is 1. The van der Waals surface area contributed by atoms with Gasteiger partial charge in [0, 0.05) is 24.5 Å². The summed E-state index contributed by atoms with van der Waals surface area (Å²) < 4.78 is 0. The van der Waals surface area contributed by atoms with E-state index < -0.39 is 0 Å². The zero-order valence-electron chi connectivity index (χ0n) is 11.5. The molecule has 1 aliphatic heterocycles. The molecule has 0 radical (unpaired) electrons. The van der Waals surface area contributed by atoms with Gasteiger partial charge < -0.3 is 10.6 Å². The maximum Gasteiger partial charge on any atom is 0.0370 e. The van der Waals surface area contributed by atoms with Crippen LogP contribution in [-0.4, -0.2) is 13.1 Å². The summed E-state index contributed by atoms with van der Waals surface area (Å²) in [5, 5.41) is 0. The fourth-order valence-corrected chi connectivity index (χ4v) is 2.56. The van der Waals surface area contributed by atoms with Crippen molar-refractivity contribution in [2.24, 2.45) is 11.3 Å². The lowest BCUT2D eigenvalue weighted by Crippen LogP contribution is -2.25. The smallest absolute Gasteiger partial charge is 0.0370 e. The van der Waals surface area contributed by atoms with Crippen LogP contribution in [0.1, 0.15) is 32.8 Å². The van der Waals surface area contributed by atoms with Gasteiger partial charge in [-0.15, -0.1) is 0 Å². The second-order valence-electron chi connectivity index (χ2n) is 6.34. The Morgan fingerprint density at radius 3 is 2.53 bits per heavy atom. The van der Waals surface area contributed by atoms with Gasteiger partial charge >= 0.3 is 0 Å². The highest BCUT2D eigenvalue weighted by Crippen LogP contribution is 2.36. The van der Waals surface area contributed by atoms with Crippen LogP contribution in [0.5, 0.6) is 0 Å². The molecular formula is C15H24N2. The van der Waals surface area contributed by atoms with Gasteiger partial charge in [0.15, 0.2) is 0 Å². The molecule has 1 fully saturated rings. The maximum absolute atomic E-state index is 5.87. The molecule has 2 heteroatoms. The van der Waals surface area contributed by atoms with Crippen molar-refractivity contribution < 1.29 is 0 Å². The zero-order valence-corrected chi connectivity index (χ0v) is 11.5. The molecule has 1 aromatic carbocycles. The number of benzene rings is 1. The van der Waals surface area contributed by atoms with E-state index in [9.17, 15) is 0 Å². The molecule has 1 heterocycles. The molecule has 2 rings (SSSR count). The fourth-order valence-electron chi connectivity index (χ4n) is 2.56. The molecule has 0 aliphatic carbocycles. The molecule has 1 saturated heterocycles. The number of nitrogens with two attached hydrogens (primary N) is 1. The Balaban J connectivity index is 2.13. The number of nitrogens with zero attached hydrogens (tertiary/aromatic N) is 1. The number of anilines is 2. The van der Waals surface area contributed by atoms with E-state index in [1.165, 1.54) is 30.8 Å². The third-order valence-corrected chi connectivity index (χ3v) is 4.03. The summed E-state index contributed by atoms with van der Waals surface area (Å²) in [4.78, 5) is 2.49. The van der Waals surface area contributed by atoms with Crippen LogP contribution in [0.2, 0.25) is 0 Å². The van der Waals surface area contributed by atoms with Crippen LogP contribution in [0.15, 0.2) is 18.2 Å². The Morgan fingerprint density at radius 1 is 1.29 bits per heavy atom. The monoisotopic (exact) mass is 232 g/mol. The topological polar surface area (TPSA) is 29.3 Å². The predicted molar refractivity (Wildman–Crippen MR) is 75.4 cm³/mol. The molecule has 2 N–H and O–H groups in total. The molecule has 1 aliphatic rings. The van der Waals surface area contributed by atoms with Crippen LogP contribution in [0.4, 0.5) is 11.4 Å². The average molecular weight is 232 g/mol. The second kappa shape index (κ2) is 4.25. The summed E-state index contributed by atoms with van der Waals surface area (Å²) >= 11 is 0. The normalized spacial score (nSPS) is 20.9. The first-order valence-corrected chi connectivity index (χ1v) is 6.49. The van der Waals surface area contributed by atoms with Gasteiger partial charge in [-0.25, -0.2) is 0 Å². The SMILES string of the molecule is Cc1cc(N2CCC(C(C)(C)C)C2)ccc1N. The van der Waals surface area contributed by atoms with Crippen molar-refractivity contribution in [3.63, 3.8) is 0 Å². The van der Waals surface area contributed by atoms with Gasteiger partial charge in [-0.3, -0.25) is 0 Å². The molecular weight excluding hydrogens is 208 g/mol. The molecule has 2 nitrogen and oxygen atoms in total. The van der Waals surface area contributed by atoms with E-state index in [1.807, 2.05) is 6.07 Å². The molecule has 0 spiro atoms. The lowest BCUT2D eigenvalue weighted by molar-refractivity contribution is 0.263. The molecule has 0 bridgehead atoms. The van der Waals surface area contributed by atoms with Crippen molar-refractivity contribution in [1.82, 2.24) is 0 Å². The first-order valence-electron chi connectivity index (χ1n) is 6.49. The summed E-state index contributed by atoms with van der Waals surface area (Å²) in [6.45, 7) is 11.5. The van der Waals surface area contributed by atoms with Crippen LogP contribution >= 0.6 is 0 Å². The molecule has 1 atom stereocenters. The van der Waals surface area contributed by atoms with E-state index in [2.05, 4.69) is 44.7 Å². The van der Waals surface area contributed by atoms with Crippen molar-refractivity contribution in [3.8, 4) is 0 Å².